The molecule has 0 aliphatic heterocycles. The third-order valence-electron chi connectivity index (χ3n) is 1.02. The van der Waals surface area contributed by atoms with Gasteiger partial charge < -0.3 is 9.47 Å². The van der Waals surface area contributed by atoms with Crippen molar-refractivity contribution in [2.45, 2.75) is 0 Å². The van der Waals surface area contributed by atoms with Gasteiger partial charge in [-0.1, -0.05) is 0 Å². The molecule has 0 atom stereocenters. The number of rotatable bonds is 6. The van der Waals surface area contributed by atoms with Gasteiger partial charge in [0.05, 0.1) is 19.8 Å². The molecule has 0 spiro atoms. The molecule has 0 unspecified atom stereocenters. The van der Waals surface area contributed by atoms with Crippen LogP contribution in [0, 0.1) is 0 Å². The lowest BCUT2D eigenvalue weighted by Crippen LogP contribution is -2.29. The molecule has 62 valence electrons. The monoisotopic (exact) mass is 148 g/mol. The molecule has 0 aliphatic carbocycles. The van der Waals surface area contributed by atoms with Gasteiger partial charge in [-0.3, -0.25) is 5.84 Å². The smallest absolute Gasteiger partial charge is 0.0700 e. The normalized spacial score (nSPS) is 10.8. The highest BCUT2D eigenvalue weighted by Crippen LogP contribution is 1.76. The van der Waals surface area contributed by atoms with E-state index in [9.17, 15) is 0 Å². The van der Waals surface area contributed by atoms with Crippen LogP contribution in [-0.4, -0.2) is 45.5 Å². The van der Waals surface area contributed by atoms with Crippen LogP contribution < -0.4 is 5.84 Å². The van der Waals surface area contributed by atoms with Gasteiger partial charge in [0.25, 0.3) is 0 Å². The lowest BCUT2D eigenvalue weighted by Gasteiger charge is -2.08. The zero-order chi connectivity index (χ0) is 7.82. The van der Waals surface area contributed by atoms with Crippen LogP contribution in [0.3, 0.4) is 0 Å². The lowest BCUT2D eigenvalue weighted by molar-refractivity contribution is 0.0606. The van der Waals surface area contributed by atoms with Crippen LogP contribution in [0.5, 0.6) is 0 Å². The molecular formula is C6H16N2O2. The summed E-state index contributed by atoms with van der Waals surface area (Å²) in [4.78, 5) is 0. The minimum absolute atomic E-state index is 0.643. The fourth-order valence-corrected chi connectivity index (χ4v) is 0.453. The highest BCUT2D eigenvalue weighted by Gasteiger charge is 1.89. The first-order valence-electron chi connectivity index (χ1n) is 3.30. The van der Waals surface area contributed by atoms with Gasteiger partial charge in [-0.2, -0.15) is 0 Å². The van der Waals surface area contributed by atoms with Gasteiger partial charge in [-0.25, -0.2) is 5.01 Å². The summed E-state index contributed by atoms with van der Waals surface area (Å²) in [7, 11) is 3.46. The Balaban J connectivity index is 2.77. The van der Waals surface area contributed by atoms with Gasteiger partial charge in [-0.15, -0.1) is 0 Å². The van der Waals surface area contributed by atoms with E-state index >= 15 is 0 Å². The van der Waals surface area contributed by atoms with Crippen LogP contribution >= 0.6 is 0 Å². The predicted octanol–water partition coefficient (Wildman–Crippen LogP) is -0.545. The first-order chi connectivity index (χ1) is 4.77. The van der Waals surface area contributed by atoms with Crippen LogP contribution in [0.25, 0.3) is 0 Å². The van der Waals surface area contributed by atoms with Gasteiger partial charge in [0, 0.05) is 20.7 Å². The molecule has 0 aliphatic rings. The van der Waals surface area contributed by atoms with Crippen molar-refractivity contribution in [3.05, 3.63) is 0 Å². The molecule has 0 radical (unpaired) electrons. The Hall–Kier alpha value is -0.160. The molecule has 0 bridgehead atoms. The summed E-state index contributed by atoms with van der Waals surface area (Å²) in [5.41, 5.74) is 0. The van der Waals surface area contributed by atoms with Crippen LogP contribution in [-0.2, 0) is 9.47 Å². The molecule has 4 heteroatoms. The van der Waals surface area contributed by atoms with Gasteiger partial charge in [0.1, 0.15) is 0 Å². The summed E-state index contributed by atoms with van der Waals surface area (Å²) < 4.78 is 9.92. The first-order valence-corrected chi connectivity index (χ1v) is 3.30. The quantitative estimate of drug-likeness (QED) is 0.312. The van der Waals surface area contributed by atoms with Gasteiger partial charge in [0.15, 0.2) is 0 Å². The number of hydrazine groups is 1. The Morgan fingerprint density at radius 2 is 2.00 bits per heavy atom. The zero-order valence-electron chi connectivity index (χ0n) is 6.67. The van der Waals surface area contributed by atoms with E-state index in [0.29, 0.717) is 19.8 Å². The number of likely N-dealkylation sites (N-methyl/N-ethyl adjacent to an activating group) is 1. The van der Waals surface area contributed by atoms with E-state index in [-0.39, 0.29) is 0 Å². The van der Waals surface area contributed by atoms with Crippen LogP contribution in [0.2, 0.25) is 0 Å². The number of nitrogens with zero attached hydrogens (tertiary/aromatic N) is 1. The molecule has 0 rings (SSSR count). The summed E-state index contributed by atoms with van der Waals surface area (Å²) in [5.74, 6) is 5.33. The minimum Gasteiger partial charge on any atom is -0.382 e. The van der Waals surface area contributed by atoms with Crippen molar-refractivity contribution >= 4 is 0 Å². The van der Waals surface area contributed by atoms with Gasteiger partial charge in [0.2, 0.25) is 0 Å². The van der Waals surface area contributed by atoms with Gasteiger partial charge in [-0.05, 0) is 0 Å². The van der Waals surface area contributed by atoms with Crippen molar-refractivity contribution in [1.29, 1.82) is 0 Å². The summed E-state index contributed by atoms with van der Waals surface area (Å²) >= 11 is 0. The lowest BCUT2D eigenvalue weighted by atomic mass is 10.6. The van der Waals surface area contributed by atoms with Crippen molar-refractivity contribution in [3.63, 3.8) is 0 Å². The van der Waals surface area contributed by atoms with Gasteiger partial charge >= 0.3 is 0 Å². The summed E-state index contributed by atoms with van der Waals surface area (Å²) in [6.45, 7) is 2.71. The van der Waals surface area contributed by atoms with Crippen molar-refractivity contribution in [2.75, 3.05) is 40.5 Å². The molecule has 0 fully saturated rings. The highest BCUT2D eigenvalue weighted by molar-refractivity contribution is 4.36. The third-order valence-corrected chi connectivity index (χ3v) is 1.02. The van der Waals surface area contributed by atoms with E-state index in [0.717, 1.165) is 6.54 Å². The second kappa shape index (κ2) is 6.95. The maximum atomic E-state index is 5.33. The molecule has 0 aromatic carbocycles. The molecule has 2 N–H and O–H groups in total. The van der Waals surface area contributed by atoms with Crippen molar-refractivity contribution < 1.29 is 9.47 Å². The Bertz CT molecular complexity index is 68.8. The van der Waals surface area contributed by atoms with E-state index in [2.05, 4.69) is 0 Å². The van der Waals surface area contributed by atoms with Crippen molar-refractivity contribution in [1.82, 2.24) is 5.01 Å². The van der Waals surface area contributed by atoms with Crippen LogP contribution in [0.1, 0.15) is 0 Å². The molecule has 10 heavy (non-hydrogen) atoms. The Labute approximate surface area is 61.9 Å². The Morgan fingerprint density at radius 1 is 1.30 bits per heavy atom. The summed E-state index contributed by atoms with van der Waals surface area (Å²) in [5, 5.41) is 1.59. The zero-order valence-corrected chi connectivity index (χ0v) is 6.67. The molecular weight excluding hydrogens is 132 g/mol. The summed E-state index contributed by atoms with van der Waals surface area (Å²) in [6, 6.07) is 0. The minimum atomic E-state index is 0.643. The van der Waals surface area contributed by atoms with E-state index in [4.69, 9.17) is 15.3 Å². The average molecular weight is 148 g/mol. The highest BCUT2D eigenvalue weighted by atomic mass is 16.5. The molecule has 0 saturated carbocycles. The molecule has 0 saturated heterocycles. The largest absolute Gasteiger partial charge is 0.382 e. The van der Waals surface area contributed by atoms with E-state index in [1.54, 1.807) is 19.2 Å². The average Bonchev–Trinajstić information content (AvgIpc) is 1.87. The number of hydrogen-bond donors (Lipinski definition) is 1. The second-order valence-corrected chi connectivity index (χ2v) is 2.09. The van der Waals surface area contributed by atoms with Crippen molar-refractivity contribution in [2.24, 2.45) is 5.84 Å². The third kappa shape index (κ3) is 7.84. The maximum absolute atomic E-state index is 5.33. The first kappa shape index (κ1) is 9.84. The molecule has 0 aromatic rings. The molecule has 0 amide bonds. The van der Waals surface area contributed by atoms with Crippen LogP contribution in [0.15, 0.2) is 0 Å². The maximum Gasteiger partial charge on any atom is 0.0700 e. The predicted molar refractivity (Wildman–Crippen MR) is 39.5 cm³/mol. The molecule has 0 heterocycles. The standard InChI is InChI=1S/C6H16N2O2/c1-8(7)3-4-10-6-5-9-2/h3-7H2,1-2H3. The molecule has 4 nitrogen and oxygen atoms in total. The number of hydrogen-bond acceptors (Lipinski definition) is 4. The topological polar surface area (TPSA) is 47.7 Å². The SMILES string of the molecule is COCCOCCN(C)N. The Kier molecular flexibility index (Phi) is 6.84. The fraction of sp³-hybridized carbons (Fsp3) is 1.00. The van der Waals surface area contributed by atoms with E-state index in [1.807, 2.05) is 0 Å². The van der Waals surface area contributed by atoms with Crippen LogP contribution in [0.4, 0.5) is 0 Å². The second-order valence-electron chi connectivity index (χ2n) is 2.09. The molecule has 0 aromatic heterocycles. The number of ether oxygens (including phenoxy) is 2. The number of nitrogens with two attached hydrogens (primary N) is 1. The van der Waals surface area contributed by atoms with E-state index in [1.165, 1.54) is 0 Å². The summed E-state index contributed by atoms with van der Waals surface area (Å²) in [6.07, 6.45) is 0. The Morgan fingerprint density at radius 3 is 2.50 bits per heavy atom. The van der Waals surface area contributed by atoms with E-state index < -0.39 is 0 Å². The fourth-order valence-electron chi connectivity index (χ4n) is 0.453. The number of methoxy groups -OCH3 is 1. The van der Waals surface area contributed by atoms with Crippen molar-refractivity contribution in [3.8, 4) is 0 Å².